The van der Waals surface area contributed by atoms with Crippen LogP contribution in [0.3, 0.4) is 0 Å². The lowest BCUT2D eigenvalue weighted by Gasteiger charge is -2.40. The smallest absolute Gasteiger partial charge is 0.369 e. The topological polar surface area (TPSA) is 50.1 Å². The largest absolute Gasteiger partial charge is 0.416 e. The Morgan fingerprint density at radius 3 is 2.25 bits per heavy atom. The molecule has 2 heterocycles. The monoisotopic (exact) mass is 444 g/mol. The quantitative estimate of drug-likeness (QED) is 0.580. The van der Waals surface area contributed by atoms with Crippen LogP contribution in [0.2, 0.25) is 0 Å². The number of halogens is 3. The lowest BCUT2D eigenvalue weighted by molar-refractivity contribution is -0.137. The number of hydrogen-bond donors (Lipinski definition) is 0. The van der Waals surface area contributed by atoms with Gasteiger partial charge in [0, 0.05) is 31.9 Å². The molecule has 6 nitrogen and oxygen atoms in total. The standard InChI is InChI=1S/C23H27F3N6/c1-16(2)32-22(27-28-29-32)21(18-9-7-17(3)8-10-18)31-13-11-30(12-14-31)20-6-4-5-19(15-20)23(24,25)26/h4-10,15-16,21H,11-14H2,1-3H3/t21-/m0/s1. The number of aryl methyl sites for hydroxylation is 1. The lowest BCUT2D eigenvalue weighted by atomic mass is 10.0. The Balaban J connectivity index is 1.58. The van der Waals surface area contributed by atoms with E-state index in [2.05, 4.69) is 44.7 Å². The Bertz CT molecular complexity index is 1040. The summed E-state index contributed by atoms with van der Waals surface area (Å²) < 4.78 is 41.2. The third kappa shape index (κ3) is 4.62. The first-order valence-electron chi connectivity index (χ1n) is 10.7. The molecule has 0 amide bonds. The van der Waals surface area contributed by atoms with E-state index in [1.165, 1.54) is 17.7 Å². The van der Waals surface area contributed by atoms with Crippen LogP contribution in [0, 0.1) is 6.92 Å². The minimum atomic E-state index is -4.34. The molecule has 170 valence electrons. The lowest BCUT2D eigenvalue weighted by Crippen LogP contribution is -2.48. The molecule has 3 aromatic rings. The van der Waals surface area contributed by atoms with Gasteiger partial charge in [-0.2, -0.15) is 13.2 Å². The van der Waals surface area contributed by atoms with Gasteiger partial charge in [-0.3, -0.25) is 4.90 Å². The number of tetrazole rings is 1. The van der Waals surface area contributed by atoms with E-state index in [0.717, 1.165) is 17.5 Å². The molecule has 0 unspecified atom stereocenters. The molecule has 1 saturated heterocycles. The Kier molecular flexibility index (Phi) is 6.19. The van der Waals surface area contributed by atoms with Gasteiger partial charge in [-0.15, -0.1) is 5.10 Å². The summed E-state index contributed by atoms with van der Waals surface area (Å²) >= 11 is 0. The summed E-state index contributed by atoms with van der Waals surface area (Å²) in [6.45, 7) is 8.72. The molecule has 1 aliphatic rings. The first kappa shape index (κ1) is 22.3. The molecule has 0 radical (unpaired) electrons. The molecule has 0 N–H and O–H groups in total. The summed E-state index contributed by atoms with van der Waals surface area (Å²) in [5.41, 5.74) is 2.24. The highest BCUT2D eigenvalue weighted by molar-refractivity contribution is 5.49. The van der Waals surface area contributed by atoms with Crippen LogP contribution >= 0.6 is 0 Å². The Morgan fingerprint density at radius 1 is 0.938 bits per heavy atom. The van der Waals surface area contributed by atoms with Gasteiger partial charge in [0.05, 0.1) is 17.6 Å². The molecule has 32 heavy (non-hydrogen) atoms. The van der Waals surface area contributed by atoms with Crippen LogP contribution < -0.4 is 4.90 Å². The van der Waals surface area contributed by atoms with Crippen molar-refractivity contribution >= 4 is 5.69 Å². The van der Waals surface area contributed by atoms with Crippen molar-refractivity contribution in [3.05, 3.63) is 71.0 Å². The van der Waals surface area contributed by atoms with Crippen LogP contribution in [0.15, 0.2) is 48.5 Å². The molecule has 0 aliphatic carbocycles. The van der Waals surface area contributed by atoms with Crippen LogP contribution in [0.4, 0.5) is 18.9 Å². The van der Waals surface area contributed by atoms with Crippen LogP contribution in [0.5, 0.6) is 0 Å². The molecular weight excluding hydrogens is 417 g/mol. The highest BCUT2D eigenvalue weighted by Gasteiger charge is 2.33. The van der Waals surface area contributed by atoms with E-state index in [1.54, 1.807) is 6.07 Å². The number of aromatic nitrogens is 4. The van der Waals surface area contributed by atoms with E-state index in [0.29, 0.717) is 31.9 Å². The average Bonchev–Trinajstić information content (AvgIpc) is 3.25. The fraction of sp³-hybridized carbons (Fsp3) is 0.435. The fourth-order valence-corrected chi connectivity index (χ4v) is 4.14. The van der Waals surface area contributed by atoms with Crippen LogP contribution in [-0.4, -0.2) is 51.3 Å². The van der Waals surface area contributed by atoms with Gasteiger partial charge in [-0.25, -0.2) is 4.68 Å². The van der Waals surface area contributed by atoms with Crippen LogP contribution in [0.25, 0.3) is 0 Å². The van der Waals surface area contributed by atoms with Crippen LogP contribution in [0.1, 0.15) is 48.4 Å². The number of alkyl halides is 3. The van der Waals surface area contributed by atoms with Gasteiger partial charge in [-0.1, -0.05) is 35.9 Å². The van der Waals surface area contributed by atoms with Crippen molar-refractivity contribution in [1.29, 1.82) is 0 Å². The second kappa shape index (κ2) is 8.90. The van der Waals surface area contributed by atoms with Gasteiger partial charge in [-0.05, 0) is 55.0 Å². The minimum Gasteiger partial charge on any atom is -0.369 e. The van der Waals surface area contributed by atoms with E-state index in [1.807, 2.05) is 30.4 Å². The molecule has 1 aromatic heterocycles. The molecule has 1 atom stereocenters. The third-order valence-corrected chi connectivity index (χ3v) is 5.86. The molecule has 1 fully saturated rings. The number of nitrogens with zero attached hydrogens (tertiary/aromatic N) is 6. The highest BCUT2D eigenvalue weighted by atomic mass is 19.4. The predicted octanol–water partition coefficient (Wildman–Crippen LogP) is 4.49. The predicted molar refractivity (Wildman–Crippen MR) is 116 cm³/mol. The van der Waals surface area contributed by atoms with Gasteiger partial charge >= 0.3 is 6.18 Å². The van der Waals surface area contributed by atoms with Gasteiger partial charge in [0.15, 0.2) is 5.82 Å². The third-order valence-electron chi connectivity index (χ3n) is 5.86. The number of hydrogen-bond acceptors (Lipinski definition) is 5. The van der Waals surface area contributed by atoms with E-state index in [9.17, 15) is 13.2 Å². The van der Waals surface area contributed by atoms with E-state index in [-0.39, 0.29) is 12.1 Å². The summed E-state index contributed by atoms with van der Waals surface area (Å²) in [5.74, 6) is 0.774. The van der Waals surface area contributed by atoms with Gasteiger partial charge in [0.2, 0.25) is 0 Å². The molecule has 0 saturated carbocycles. The van der Waals surface area contributed by atoms with Gasteiger partial charge in [0.1, 0.15) is 0 Å². The number of benzene rings is 2. The molecule has 2 aromatic carbocycles. The zero-order valence-corrected chi connectivity index (χ0v) is 18.4. The number of piperazine rings is 1. The average molecular weight is 445 g/mol. The van der Waals surface area contributed by atoms with Crippen LogP contribution in [-0.2, 0) is 6.18 Å². The normalized spacial score (nSPS) is 16.5. The van der Waals surface area contributed by atoms with Crippen molar-refractivity contribution in [2.24, 2.45) is 0 Å². The first-order chi connectivity index (χ1) is 15.2. The molecule has 0 bridgehead atoms. The Morgan fingerprint density at radius 2 is 1.62 bits per heavy atom. The number of anilines is 1. The summed E-state index contributed by atoms with van der Waals surface area (Å²) in [4.78, 5) is 4.31. The second-order valence-electron chi connectivity index (χ2n) is 8.46. The Labute approximate surface area is 185 Å². The van der Waals surface area contributed by atoms with Crippen molar-refractivity contribution in [2.75, 3.05) is 31.1 Å². The minimum absolute atomic E-state index is 0.111. The van der Waals surface area contributed by atoms with Crippen molar-refractivity contribution < 1.29 is 13.2 Å². The maximum Gasteiger partial charge on any atom is 0.416 e. The van der Waals surface area contributed by atoms with E-state index in [4.69, 9.17) is 0 Å². The maximum atomic E-state index is 13.1. The van der Waals surface area contributed by atoms with Crippen molar-refractivity contribution in [1.82, 2.24) is 25.1 Å². The van der Waals surface area contributed by atoms with Crippen molar-refractivity contribution in [3.63, 3.8) is 0 Å². The fourth-order valence-electron chi connectivity index (χ4n) is 4.14. The zero-order valence-electron chi connectivity index (χ0n) is 18.4. The summed E-state index contributed by atoms with van der Waals surface area (Å²) in [6, 6.07) is 13.9. The maximum absolute atomic E-state index is 13.1. The van der Waals surface area contributed by atoms with Crippen molar-refractivity contribution in [3.8, 4) is 0 Å². The molecule has 1 aliphatic heterocycles. The zero-order chi connectivity index (χ0) is 22.9. The molecule has 4 rings (SSSR count). The van der Waals surface area contributed by atoms with Gasteiger partial charge < -0.3 is 4.90 Å². The first-order valence-corrected chi connectivity index (χ1v) is 10.7. The summed E-state index contributed by atoms with van der Waals surface area (Å²) in [6.07, 6.45) is -4.34. The second-order valence-corrected chi connectivity index (χ2v) is 8.46. The Hall–Kier alpha value is -2.94. The molecule has 0 spiro atoms. The van der Waals surface area contributed by atoms with E-state index >= 15 is 0 Å². The SMILES string of the molecule is Cc1ccc([C@@H](c2nnnn2C(C)C)N2CCN(c3cccc(C(F)(F)F)c3)CC2)cc1. The molecule has 9 heteroatoms. The summed E-state index contributed by atoms with van der Waals surface area (Å²) in [5, 5.41) is 12.4. The summed E-state index contributed by atoms with van der Waals surface area (Å²) in [7, 11) is 0. The van der Waals surface area contributed by atoms with E-state index < -0.39 is 11.7 Å². The molecular formula is C23H27F3N6. The highest BCUT2D eigenvalue weighted by Crippen LogP contribution is 2.33. The van der Waals surface area contributed by atoms with Crippen molar-refractivity contribution in [2.45, 2.75) is 39.0 Å². The van der Waals surface area contributed by atoms with Gasteiger partial charge in [0.25, 0.3) is 0 Å². The number of rotatable bonds is 5.